The number of carbonyl (C=O) groups is 2. The molecular formula is C16H15BrN2O5. The Kier molecular flexibility index (Phi) is 6.28. The van der Waals surface area contributed by atoms with Crippen LogP contribution in [-0.2, 0) is 16.1 Å². The summed E-state index contributed by atoms with van der Waals surface area (Å²) in [5.74, 6) is -1.39. The Morgan fingerprint density at radius 3 is 2.50 bits per heavy atom. The second kappa shape index (κ2) is 8.42. The third-order valence-corrected chi connectivity index (χ3v) is 3.63. The molecule has 0 bridgehead atoms. The largest absolute Gasteiger partial charge is 0.480 e. The van der Waals surface area contributed by atoms with Gasteiger partial charge in [-0.2, -0.15) is 0 Å². The first kappa shape index (κ1) is 17.9. The molecule has 1 amide bonds. The third kappa shape index (κ3) is 5.04. The Bertz CT molecular complexity index is 693. The number of ether oxygens (including phenoxy) is 1. The van der Waals surface area contributed by atoms with Crippen molar-refractivity contribution in [2.45, 2.75) is 18.8 Å². The number of carbonyl (C=O) groups excluding carboxylic acids is 1. The van der Waals surface area contributed by atoms with Crippen molar-refractivity contribution in [1.29, 1.82) is 0 Å². The van der Waals surface area contributed by atoms with Crippen LogP contribution in [0.25, 0.3) is 0 Å². The van der Waals surface area contributed by atoms with Crippen molar-refractivity contribution < 1.29 is 24.5 Å². The number of carboxylic acids is 1. The zero-order valence-corrected chi connectivity index (χ0v) is 14.0. The lowest BCUT2D eigenvalue weighted by atomic mass is 10.0. The minimum atomic E-state index is -1.56. The van der Waals surface area contributed by atoms with Gasteiger partial charge >= 0.3 is 12.1 Å². The number of carboxylic acid groups (broad SMARTS) is 1. The Hall–Kier alpha value is -2.45. The van der Waals surface area contributed by atoms with E-state index in [1.54, 1.807) is 30.3 Å². The van der Waals surface area contributed by atoms with Crippen molar-refractivity contribution in [2.24, 2.45) is 0 Å². The summed E-state index contributed by atoms with van der Waals surface area (Å²) < 4.78 is 5.51. The number of nitrogens with zero attached hydrogens (tertiary/aromatic N) is 1. The molecule has 0 radical (unpaired) electrons. The highest BCUT2D eigenvalue weighted by atomic mass is 79.9. The number of amides is 1. The lowest BCUT2D eigenvalue weighted by Crippen LogP contribution is -2.45. The van der Waals surface area contributed by atoms with Crippen LogP contribution < -0.4 is 5.32 Å². The molecule has 0 saturated carbocycles. The molecule has 7 nitrogen and oxygen atoms in total. The topological polar surface area (TPSA) is 109 Å². The maximum atomic E-state index is 11.8. The van der Waals surface area contributed by atoms with Gasteiger partial charge in [0.15, 0.2) is 6.04 Å². The van der Waals surface area contributed by atoms with Gasteiger partial charge < -0.3 is 20.3 Å². The molecule has 0 saturated heterocycles. The highest BCUT2D eigenvalue weighted by Crippen LogP contribution is 2.18. The number of hydrogen-bond donors (Lipinski definition) is 3. The molecule has 3 N–H and O–H groups in total. The van der Waals surface area contributed by atoms with Crippen molar-refractivity contribution in [3.63, 3.8) is 0 Å². The van der Waals surface area contributed by atoms with Crippen molar-refractivity contribution >= 4 is 28.0 Å². The molecule has 1 aromatic carbocycles. The SMILES string of the molecule is O=C(N[C@H](C(=O)O)[C@H](O)c1ccc(Br)nc1)OCc1ccccc1. The second-order valence-electron chi connectivity index (χ2n) is 4.88. The predicted octanol–water partition coefficient (Wildman–Crippen LogP) is 2.26. The van der Waals surface area contributed by atoms with Gasteiger partial charge in [-0.05, 0) is 27.6 Å². The standard InChI is InChI=1S/C16H15BrN2O5/c17-12-7-6-11(8-18-12)14(20)13(15(21)22)19-16(23)24-9-10-4-2-1-3-5-10/h1-8,13-14,20H,9H2,(H,19,23)(H,21,22)/t13-,14+/m0/s1. The molecular weight excluding hydrogens is 380 g/mol. The van der Waals surface area contributed by atoms with Crippen LogP contribution in [-0.4, -0.2) is 33.3 Å². The first-order chi connectivity index (χ1) is 11.5. The van der Waals surface area contributed by atoms with E-state index in [0.717, 1.165) is 5.56 Å². The van der Waals surface area contributed by atoms with Crippen LogP contribution in [0.2, 0.25) is 0 Å². The van der Waals surface area contributed by atoms with Crippen molar-refractivity contribution in [3.05, 3.63) is 64.4 Å². The number of benzene rings is 1. The lowest BCUT2D eigenvalue weighted by Gasteiger charge is -2.20. The minimum Gasteiger partial charge on any atom is -0.480 e. The van der Waals surface area contributed by atoms with Crippen LogP contribution in [0.4, 0.5) is 4.79 Å². The number of halogens is 1. The number of hydrogen-bond acceptors (Lipinski definition) is 5. The molecule has 1 heterocycles. The van der Waals surface area contributed by atoms with Gasteiger partial charge in [-0.1, -0.05) is 36.4 Å². The monoisotopic (exact) mass is 394 g/mol. The molecule has 8 heteroatoms. The van der Waals surface area contributed by atoms with Crippen molar-refractivity contribution in [1.82, 2.24) is 10.3 Å². The highest BCUT2D eigenvalue weighted by molar-refractivity contribution is 9.10. The lowest BCUT2D eigenvalue weighted by molar-refractivity contribution is -0.142. The normalized spacial score (nSPS) is 12.9. The van der Waals surface area contributed by atoms with Crippen LogP contribution in [0.15, 0.2) is 53.3 Å². The third-order valence-electron chi connectivity index (χ3n) is 3.16. The number of rotatable bonds is 6. The summed E-state index contributed by atoms with van der Waals surface area (Å²) in [7, 11) is 0. The van der Waals surface area contributed by atoms with Gasteiger partial charge in [-0.15, -0.1) is 0 Å². The summed E-state index contributed by atoms with van der Waals surface area (Å²) >= 11 is 3.14. The molecule has 1 aromatic heterocycles. The second-order valence-corrected chi connectivity index (χ2v) is 5.69. The van der Waals surface area contributed by atoms with E-state index in [-0.39, 0.29) is 12.2 Å². The van der Waals surface area contributed by atoms with E-state index < -0.39 is 24.2 Å². The first-order valence-electron chi connectivity index (χ1n) is 6.97. The zero-order chi connectivity index (χ0) is 17.5. The zero-order valence-electron chi connectivity index (χ0n) is 12.4. The van der Waals surface area contributed by atoms with E-state index in [9.17, 15) is 19.8 Å². The molecule has 2 aromatic rings. The highest BCUT2D eigenvalue weighted by Gasteiger charge is 2.30. The molecule has 0 spiro atoms. The van der Waals surface area contributed by atoms with Crippen molar-refractivity contribution in [2.75, 3.05) is 0 Å². The molecule has 2 rings (SSSR count). The number of alkyl carbamates (subject to hydrolysis) is 1. The first-order valence-corrected chi connectivity index (χ1v) is 7.76. The molecule has 0 aliphatic rings. The van der Waals surface area contributed by atoms with Crippen LogP contribution >= 0.6 is 15.9 Å². The van der Waals surface area contributed by atoms with Crippen molar-refractivity contribution in [3.8, 4) is 0 Å². The predicted molar refractivity (Wildman–Crippen MR) is 88.1 cm³/mol. The van der Waals surface area contributed by atoms with E-state index in [2.05, 4.69) is 26.2 Å². The van der Waals surface area contributed by atoms with Gasteiger partial charge in [0.2, 0.25) is 0 Å². The smallest absolute Gasteiger partial charge is 0.408 e. The summed E-state index contributed by atoms with van der Waals surface area (Å²) in [5, 5.41) is 21.6. The van der Waals surface area contributed by atoms with E-state index in [4.69, 9.17) is 4.74 Å². The van der Waals surface area contributed by atoms with Crippen LogP contribution in [0, 0.1) is 0 Å². The summed E-state index contributed by atoms with van der Waals surface area (Å²) in [4.78, 5) is 27.0. The Morgan fingerprint density at radius 1 is 1.21 bits per heavy atom. The molecule has 0 aliphatic heterocycles. The fraction of sp³-hybridized carbons (Fsp3) is 0.188. The van der Waals surface area contributed by atoms with E-state index >= 15 is 0 Å². The van der Waals surface area contributed by atoms with Gasteiger partial charge in [0.05, 0.1) is 0 Å². The number of aliphatic hydroxyl groups excluding tert-OH is 1. The van der Waals surface area contributed by atoms with Gasteiger partial charge in [-0.25, -0.2) is 14.6 Å². The van der Waals surface area contributed by atoms with Gasteiger partial charge in [0, 0.05) is 11.8 Å². The average molecular weight is 395 g/mol. The molecule has 0 fully saturated rings. The molecule has 24 heavy (non-hydrogen) atoms. The van der Waals surface area contributed by atoms with Gasteiger partial charge in [0.25, 0.3) is 0 Å². The van der Waals surface area contributed by atoms with Gasteiger partial charge in [-0.3, -0.25) is 0 Å². The minimum absolute atomic E-state index is 0.00501. The molecule has 0 unspecified atom stereocenters. The Labute approximate surface area is 146 Å². The molecule has 2 atom stereocenters. The number of aliphatic hydroxyl groups is 1. The summed E-state index contributed by atoms with van der Waals surface area (Å²) in [6.45, 7) is -0.00501. The van der Waals surface area contributed by atoms with Crippen LogP contribution in [0.5, 0.6) is 0 Å². The quantitative estimate of drug-likeness (QED) is 0.648. The summed E-state index contributed by atoms with van der Waals surface area (Å²) in [6, 6.07) is 10.5. The Balaban J connectivity index is 1.98. The van der Waals surface area contributed by atoms with Crippen LogP contribution in [0.1, 0.15) is 17.2 Å². The van der Waals surface area contributed by atoms with E-state index in [1.165, 1.54) is 12.3 Å². The fourth-order valence-electron chi connectivity index (χ4n) is 1.92. The number of aromatic nitrogens is 1. The van der Waals surface area contributed by atoms with Crippen LogP contribution in [0.3, 0.4) is 0 Å². The summed E-state index contributed by atoms with van der Waals surface area (Å²) in [6.07, 6.45) is -1.08. The van der Waals surface area contributed by atoms with E-state index in [0.29, 0.717) is 4.60 Å². The Morgan fingerprint density at radius 2 is 1.92 bits per heavy atom. The fourth-order valence-corrected chi connectivity index (χ4v) is 2.16. The molecule has 0 aliphatic carbocycles. The maximum absolute atomic E-state index is 11.8. The average Bonchev–Trinajstić information content (AvgIpc) is 2.58. The number of nitrogens with one attached hydrogen (secondary N) is 1. The maximum Gasteiger partial charge on any atom is 0.408 e. The van der Waals surface area contributed by atoms with Gasteiger partial charge in [0.1, 0.15) is 17.3 Å². The summed E-state index contributed by atoms with van der Waals surface area (Å²) in [5.41, 5.74) is 1.02. The van der Waals surface area contributed by atoms with E-state index in [1.807, 2.05) is 6.07 Å². The number of pyridine rings is 1. The molecule has 126 valence electrons. The number of aliphatic carboxylic acids is 1.